The van der Waals surface area contributed by atoms with E-state index in [4.69, 9.17) is 9.84 Å². The number of rotatable bonds is 5. The number of aliphatic hydroxyl groups excluding tert-OH is 1. The minimum atomic E-state index is 0.121. The molecule has 0 unspecified atom stereocenters. The number of aliphatic hydroxyl groups is 1. The summed E-state index contributed by atoms with van der Waals surface area (Å²) in [6, 6.07) is 4.09. The zero-order valence-electron chi connectivity index (χ0n) is 10.1. The Morgan fingerprint density at radius 1 is 1.41 bits per heavy atom. The highest BCUT2D eigenvalue weighted by Gasteiger charge is 2.19. The fraction of sp³-hybridized carbons (Fsp3) is 0.615. The fourth-order valence-corrected chi connectivity index (χ4v) is 2.20. The van der Waals surface area contributed by atoms with E-state index in [0.717, 1.165) is 32.5 Å². The van der Waals surface area contributed by atoms with Crippen LogP contribution in [-0.2, 0) is 11.3 Å². The molecule has 2 rings (SSSR count). The van der Waals surface area contributed by atoms with Crippen LogP contribution in [0.4, 0.5) is 0 Å². The summed E-state index contributed by atoms with van der Waals surface area (Å²) in [5.74, 6) is 0. The molecule has 17 heavy (non-hydrogen) atoms. The van der Waals surface area contributed by atoms with Gasteiger partial charge in [-0.05, 0) is 24.5 Å². The van der Waals surface area contributed by atoms with Gasteiger partial charge in [0.2, 0.25) is 0 Å². The fourth-order valence-electron chi connectivity index (χ4n) is 2.20. The number of piperidine rings is 1. The highest BCUT2D eigenvalue weighted by atomic mass is 16.5. The van der Waals surface area contributed by atoms with Crippen LogP contribution in [0.15, 0.2) is 24.5 Å². The molecule has 4 nitrogen and oxygen atoms in total. The van der Waals surface area contributed by atoms with Crippen molar-refractivity contribution in [3.8, 4) is 0 Å². The number of hydrogen-bond donors (Lipinski definition) is 1. The van der Waals surface area contributed by atoms with Gasteiger partial charge >= 0.3 is 0 Å². The number of ether oxygens (including phenoxy) is 1. The van der Waals surface area contributed by atoms with Gasteiger partial charge in [0.15, 0.2) is 0 Å². The molecule has 0 aromatic carbocycles. The molecule has 2 heterocycles. The van der Waals surface area contributed by atoms with Crippen molar-refractivity contribution < 1.29 is 9.84 Å². The van der Waals surface area contributed by atoms with Crippen LogP contribution in [0.2, 0.25) is 0 Å². The molecule has 0 saturated carbocycles. The molecule has 94 valence electrons. The molecule has 1 aromatic rings. The third-order valence-electron chi connectivity index (χ3n) is 3.11. The molecule has 0 bridgehead atoms. The number of hydrogen-bond acceptors (Lipinski definition) is 4. The molecule has 1 aromatic heterocycles. The first-order chi connectivity index (χ1) is 8.38. The molecular formula is C13H20N2O2. The zero-order valence-corrected chi connectivity index (χ0v) is 10.1. The lowest BCUT2D eigenvalue weighted by atomic mass is 10.1. The molecule has 0 spiro atoms. The van der Waals surface area contributed by atoms with Crippen molar-refractivity contribution in [2.75, 3.05) is 26.3 Å². The lowest BCUT2D eigenvalue weighted by molar-refractivity contribution is -0.00902. The summed E-state index contributed by atoms with van der Waals surface area (Å²) < 4.78 is 5.54. The Morgan fingerprint density at radius 2 is 2.24 bits per heavy atom. The van der Waals surface area contributed by atoms with Crippen molar-refractivity contribution in [1.29, 1.82) is 0 Å². The second-order valence-corrected chi connectivity index (χ2v) is 4.43. The van der Waals surface area contributed by atoms with E-state index >= 15 is 0 Å². The van der Waals surface area contributed by atoms with Crippen LogP contribution in [0.5, 0.6) is 0 Å². The Morgan fingerprint density at radius 3 is 2.88 bits per heavy atom. The maximum absolute atomic E-state index is 8.70. The average molecular weight is 236 g/mol. The van der Waals surface area contributed by atoms with Crippen molar-refractivity contribution in [3.05, 3.63) is 30.1 Å². The molecule has 1 saturated heterocycles. The van der Waals surface area contributed by atoms with Gasteiger partial charge in [0.1, 0.15) is 0 Å². The van der Waals surface area contributed by atoms with E-state index in [1.54, 1.807) is 6.20 Å². The Hall–Kier alpha value is -0.970. The van der Waals surface area contributed by atoms with Crippen molar-refractivity contribution in [3.63, 3.8) is 0 Å². The Kier molecular flexibility index (Phi) is 4.91. The van der Waals surface area contributed by atoms with E-state index in [0.29, 0.717) is 12.7 Å². The smallest absolute Gasteiger partial charge is 0.0701 e. The van der Waals surface area contributed by atoms with Crippen LogP contribution in [0.1, 0.15) is 18.4 Å². The lowest BCUT2D eigenvalue weighted by Crippen LogP contribution is -2.36. The summed E-state index contributed by atoms with van der Waals surface area (Å²) in [7, 11) is 0. The second-order valence-electron chi connectivity index (χ2n) is 4.43. The molecular weight excluding hydrogens is 216 g/mol. The van der Waals surface area contributed by atoms with Crippen LogP contribution >= 0.6 is 0 Å². The van der Waals surface area contributed by atoms with Crippen LogP contribution in [0.3, 0.4) is 0 Å². The number of likely N-dealkylation sites (tertiary alicyclic amines) is 1. The SMILES string of the molecule is OCCOC1CCN(Cc2cccnc2)CC1. The first-order valence-corrected chi connectivity index (χ1v) is 6.22. The minimum Gasteiger partial charge on any atom is -0.394 e. The quantitative estimate of drug-likeness (QED) is 0.830. The van der Waals surface area contributed by atoms with Gasteiger partial charge in [-0.25, -0.2) is 0 Å². The van der Waals surface area contributed by atoms with Gasteiger partial charge in [-0.1, -0.05) is 6.07 Å². The molecule has 1 aliphatic rings. The normalized spacial score (nSPS) is 18.4. The van der Waals surface area contributed by atoms with E-state index < -0.39 is 0 Å². The first kappa shape index (κ1) is 12.5. The van der Waals surface area contributed by atoms with Crippen molar-refractivity contribution in [2.45, 2.75) is 25.5 Å². The third-order valence-corrected chi connectivity index (χ3v) is 3.11. The summed E-state index contributed by atoms with van der Waals surface area (Å²) in [5, 5.41) is 8.70. The molecule has 1 aliphatic heterocycles. The molecule has 0 amide bonds. The monoisotopic (exact) mass is 236 g/mol. The van der Waals surface area contributed by atoms with Gasteiger partial charge < -0.3 is 9.84 Å². The van der Waals surface area contributed by atoms with Gasteiger partial charge in [0.25, 0.3) is 0 Å². The highest BCUT2D eigenvalue weighted by Crippen LogP contribution is 2.15. The van der Waals surface area contributed by atoms with E-state index in [9.17, 15) is 0 Å². The van der Waals surface area contributed by atoms with Gasteiger partial charge in [-0.3, -0.25) is 9.88 Å². The Bertz CT molecular complexity index is 310. The predicted octanol–water partition coefficient (Wildman–Crippen LogP) is 1.05. The van der Waals surface area contributed by atoms with Gasteiger partial charge in [0.05, 0.1) is 19.3 Å². The van der Waals surface area contributed by atoms with Gasteiger partial charge in [0, 0.05) is 32.0 Å². The van der Waals surface area contributed by atoms with Crippen LogP contribution in [-0.4, -0.2) is 47.4 Å². The number of aromatic nitrogens is 1. The minimum absolute atomic E-state index is 0.121. The lowest BCUT2D eigenvalue weighted by Gasteiger charge is -2.31. The van der Waals surface area contributed by atoms with E-state index in [1.165, 1.54) is 5.56 Å². The first-order valence-electron chi connectivity index (χ1n) is 6.22. The third kappa shape index (κ3) is 4.07. The second kappa shape index (κ2) is 6.69. The largest absolute Gasteiger partial charge is 0.394 e. The number of nitrogens with zero attached hydrogens (tertiary/aromatic N) is 2. The zero-order chi connectivity index (χ0) is 11.9. The number of pyridine rings is 1. The maximum Gasteiger partial charge on any atom is 0.0701 e. The van der Waals surface area contributed by atoms with E-state index in [2.05, 4.69) is 16.0 Å². The van der Waals surface area contributed by atoms with E-state index in [-0.39, 0.29) is 6.61 Å². The average Bonchev–Trinajstić information content (AvgIpc) is 2.39. The Labute approximate surface area is 102 Å². The molecule has 1 N–H and O–H groups in total. The van der Waals surface area contributed by atoms with E-state index in [1.807, 2.05) is 12.3 Å². The summed E-state index contributed by atoms with van der Waals surface area (Å²) in [5.41, 5.74) is 1.27. The standard InChI is InChI=1S/C13H20N2O2/c16-8-9-17-13-3-6-15(7-4-13)11-12-2-1-5-14-10-12/h1-2,5,10,13,16H,3-4,6-9,11H2. The molecule has 0 atom stereocenters. The summed E-state index contributed by atoms with van der Waals surface area (Å²) in [6.45, 7) is 3.68. The molecule has 1 fully saturated rings. The molecule has 0 radical (unpaired) electrons. The van der Waals surface area contributed by atoms with Crippen molar-refractivity contribution in [1.82, 2.24) is 9.88 Å². The summed E-state index contributed by atoms with van der Waals surface area (Å²) >= 11 is 0. The molecule has 4 heteroatoms. The highest BCUT2D eigenvalue weighted by molar-refractivity contribution is 5.08. The molecule has 0 aliphatic carbocycles. The van der Waals surface area contributed by atoms with Crippen LogP contribution in [0.25, 0.3) is 0 Å². The maximum atomic E-state index is 8.70. The summed E-state index contributed by atoms with van der Waals surface area (Å²) in [4.78, 5) is 6.55. The van der Waals surface area contributed by atoms with Gasteiger partial charge in [-0.15, -0.1) is 0 Å². The van der Waals surface area contributed by atoms with Crippen molar-refractivity contribution >= 4 is 0 Å². The topological polar surface area (TPSA) is 45.6 Å². The summed E-state index contributed by atoms with van der Waals surface area (Å²) in [6.07, 6.45) is 6.17. The van der Waals surface area contributed by atoms with Crippen LogP contribution in [0, 0.1) is 0 Å². The van der Waals surface area contributed by atoms with Crippen LogP contribution < -0.4 is 0 Å². The van der Waals surface area contributed by atoms with Gasteiger partial charge in [-0.2, -0.15) is 0 Å². The Balaban J connectivity index is 1.72. The van der Waals surface area contributed by atoms with Crippen molar-refractivity contribution in [2.24, 2.45) is 0 Å². The predicted molar refractivity (Wildman–Crippen MR) is 65.6 cm³/mol.